The molecule has 0 aromatic carbocycles. The molecule has 0 fully saturated rings. The van der Waals surface area contributed by atoms with Crippen LogP contribution in [0.4, 0.5) is 18.3 Å². The number of thiazole rings is 1. The average molecular weight is 353 g/mol. The number of alkyl halides is 3. The highest BCUT2D eigenvalue weighted by atomic mass is 32.1. The molecule has 0 aliphatic rings. The van der Waals surface area contributed by atoms with Gasteiger partial charge in [-0.1, -0.05) is 6.07 Å². The molecule has 24 heavy (non-hydrogen) atoms. The van der Waals surface area contributed by atoms with Gasteiger partial charge in [-0.15, -0.1) is 11.3 Å². The van der Waals surface area contributed by atoms with E-state index in [-0.39, 0.29) is 6.54 Å². The summed E-state index contributed by atoms with van der Waals surface area (Å²) in [5.74, 6) is -0.520. The summed E-state index contributed by atoms with van der Waals surface area (Å²) in [4.78, 5) is 20.3. The van der Waals surface area contributed by atoms with Crippen molar-refractivity contribution in [2.24, 2.45) is 0 Å². The fraction of sp³-hybridized carbons (Fsp3) is 0.143. The molecule has 0 atom stereocenters. The maximum absolute atomic E-state index is 12.5. The first kappa shape index (κ1) is 16.1. The predicted molar refractivity (Wildman–Crippen MR) is 81.2 cm³/mol. The Bertz CT molecular complexity index is 843. The van der Waals surface area contributed by atoms with E-state index < -0.39 is 17.8 Å². The molecule has 6 nitrogen and oxygen atoms in total. The Kier molecular flexibility index (Phi) is 4.30. The quantitative estimate of drug-likeness (QED) is 0.782. The Labute approximate surface area is 138 Å². The van der Waals surface area contributed by atoms with Crippen LogP contribution in [0.5, 0.6) is 0 Å². The molecule has 0 bridgehead atoms. The molecule has 1 amide bonds. The minimum atomic E-state index is -4.53. The smallest absolute Gasteiger partial charge is 0.300 e. The zero-order valence-electron chi connectivity index (χ0n) is 12.0. The monoisotopic (exact) mass is 353 g/mol. The van der Waals surface area contributed by atoms with Crippen LogP contribution >= 0.6 is 11.3 Å². The van der Waals surface area contributed by atoms with Gasteiger partial charge in [-0.25, -0.2) is 4.98 Å². The number of carbonyl (C=O) groups is 1. The summed E-state index contributed by atoms with van der Waals surface area (Å²) in [6.45, 7) is -0.339. The van der Waals surface area contributed by atoms with Gasteiger partial charge in [0.05, 0.1) is 5.69 Å². The number of amides is 1. The van der Waals surface area contributed by atoms with Crippen LogP contribution in [0.25, 0.3) is 11.4 Å². The Balaban J connectivity index is 1.63. The van der Waals surface area contributed by atoms with E-state index in [1.54, 1.807) is 23.7 Å². The number of hydrogen-bond donors (Lipinski definition) is 1. The highest BCUT2D eigenvalue weighted by molar-refractivity contribution is 7.14. The minimum absolute atomic E-state index is 0.337. The molecule has 10 heteroatoms. The van der Waals surface area contributed by atoms with Gasteiger partial charge in [0.15, 0.2) is 10.8 Å². The van der Waals surface area contributed by atoms with Gasteiger partial charge in [-0.2, -0.15) is 18.3 Å². The number of aromatic nitrogens is 4. The van der Waals surface area contributed by atoms with E-state index in [0.29, 0.717) is 16.5 Å². The van der Waals surface area contributed by atoms with Crippen LogP contribution in [-0.4, -0.2) is 25.7 Å². The first-order chi connectivity index (χ1) is 11.4. The van der Waals surface area contributed by atoms with Crippen LogP contribution in [0.15, 0.2) is 42.0 Å². The first-order valence-corrected chi connectivity index (χ1v) is 7.57. The highest BCUT2D eigenvalue weighted by Gasteiger charge is 2.33. The van der Waals surface area contributed by atoms with E-state index in [1.807, 2.05) is 6.07 Å². The largest absolute Gasteiger partial charge is 0.435 e. The van der Waals surface area contributed by atoms with Crippen molar-refractivity contribution in [3.8, 4) is 11.4 Å². The summed E-state index contributed by atoms with van der Waals surface area (Å²) >= 11 is 1.20. The van der Waals surface area contributed by atoms with Crippen molar-refractivity contribution in [3.05, 3.63) is 47.7 Å². The van der Waals surface area contributed by atoms with Crippen molar-refractivity contribution in [1.82, 2.24) is 19.7 Å². The maximum Gasteiger partial charge on any atom is 0.435 e. The third-order valence-electron chi connectivity index (χ3n) is 2.91. The van der Waals surface area contributed by atoms with Crippen molar-refractivity contribution in [3.63, 3.8) is 0 Å². The molecule has 0 spiro atoms. The topological polar surface area (TPSA) is 72.7 Å². The summed E-state index contributed by atoms with van der Waals surface area (Å²) in [5, 5.41) is 7.91. The molecular formula is C14H10F3N5OS. The molecule has 0 saturated heterocycles. The lowest BCUT2D eigenvalue weighted by molar-refractivity contribution is -0.141. The van der Waals surface area contributed by atoms with Crippen LogP contribution in [-0.2, 0) is 17.5 Å². The summed E-state index contributed by atoms with van der Waals surface area (Å²) in [5.41, 5.74) is 0.229. The maximum atomic E-state index is 12.5. The third-order valence-corrected chi connectivity index (χ3v) is 3.67. The van der Waals surface area contributed by atoms with E-state index in [9.17, 15) is 18.0 Å². The molecule has 0 aliphatic carbocycles. The SMILES string of the molecule is O=C(Cn1ccc(C(F)(F)F)n1)Nc1nc(-c2ccccn2)cs1. The fourth-order valence-corrected chi connectivity index (χ4v) is 2.59. The lowest BCUT2D eigenvalue weighted by atomic mass is 10.3. The summed E-state index contributed by atoms with van der Waals surface area (Å²) < 4.78 is 38.3. The summed E-state index contributed by atoms with van der Waals surface area (Å²) in [7, 11) is 0. The molecular weight excluding hydrogens is 343 g/mol. The van der Waals surface area contributed by atoms with E-state index in [1.165, 1.54) is 11.3 Å². The standard InChI is InChI=1S/C14H10F3N5OS/c15-14(16,17)11-4-6-22(21-11)7-12(23)20-13-19-10(8-24-13)9-3-1-2-5-18-9/h1-6,8H,7H2,(H,19,20,23). The molecule has 3 aromatic rings. The molecule has 3 aromatic heterocycles. The summed E-state index contributed by atoms with van der Waals surface area (Å²) in [6, 6.07) is 6.19. The molecule has 1 N–H and O–H groups in total. The second-order valence-electron chi connectivity index (χ2n) is 4.70. The number of hydrogen-bond acceptors (Lipinski definition) is 5. The van der Waals surface area contributed by atoms with Crippen LogP contribution in [0, 0.1) is 0 Å². The van der Waals surface area contributed by atoms with Crippen LogP contribution < -0.4 is 5.32 Å². The zero-order chi connectivity index (χ0) is 17.2. The van der Waals surface area contributed by atoms with E-state index in [4.69, 9.17) is 0 Å². The molecule has 0 radical (unpaired) electrons. The number of rotatable bonds is 4. The average Bonchev–Trinajstić information content (AvgIpc) is 3.17. The Morgan fingerprint density at radius 2 is 2.08 bits per heavy atom. The third kappa shape index (κ3) is 3.77. The number of carbonyl (C=O) groups excluding carboxylic acids is 1. The molecule has 0 saturated carbocycles. The normalized spacial score (nSPS) is 11.5. The second kappa shape index (κ2) is 6.40. The number of anilines is 1. The van der Waals surface area contributed by atoms with Gasteiger partial charge in [-0.05, 0) is 18.2 Å². The van der Waals surface area contributed by atoms with Gasteiger partial charge in [-0.3, -0.25) is 14.5 Å². The van der Waals surface area contributed by atoms with Gasteiger partial charge in [0.2, 0.25) is 5.91 Å². The minimum Gasteiger partial charge on any atom is -0.300 e. The van der Waals surface area contributed by atoms with Gasteiger partial charge in [0.25, 0.3) is 0 Å². The van der Waals surface area contributed by atoms with E-state index in [0.717, 1.165) is 16.9 Å². The Morgan fingerprint density at radius 1 is 1.25 bits per heavy atom. The van der Waals surface area contributed by atoms with Crippen molar-refractivity contribution < 1.29 is 18.0 Å². The Hall–Kier alpha value is -2.75. The molecule has 3 heterocycles. The molecule has 124 valence electrons. The molecule has 0 aliphatic heterocycles. The summed E-state index contributed by atoms with van der Waals surface area (Å²) in [6.07, 6.45) is -1.80. The fourth-order valence-electron chi connectivity index (χ4n) is 1.87. The van der Waals surface area contributed by atoms with Gasteiger partial charge in [0, 0.05) is 17.8 Å². The predicted octanol–water partition coefficient (Wildman–Crippen LogP) is 3.06. The lowest BCUT2D eigenvalue weighted by Crippen LogP contribution is -2.19. The van der Waals surface area contributed by atoms with Gasteiger partial charge >= 0.3 is 6.18 Å². The molecule has 0 unspecified atom stereocenters. The second-order valence-corrected chi connectivity index (χ2v) is 5.56. The Morgan fingerprint density at radius 3 is 2.75 bits per heavy atom. The molecule has 3 rings (SSSR count). The number of pyridine rings is 1. The lowest BCUT2D eigenvalue weighted by Gasteiger charge is -2.03. The zero-order valence-corrected chi connectivity index (χ0v) is 12.8. The van der Waals surface area contributed by atoms with Crippen LogP contribution in [0.1, 0.15) is 5.69 Å². The first-order valence-electron chi connectivity index (χ1n) is 6.69. The number of nitrogens with zero attached hydrogens (tertiary/aromatic N) is 4. The van der Waals surface area contributed by atoms with Gasteiger partial charge in [0.1, 0.15) is 12.2 Å². The number of halogens is 3. The van der Waals surface area contributed by atoms with Crippen molar-refractivity contribution in [2.45, 2.75) is 12.7 Å². The van der Waals surface area contributed by atoms with E-state index in [2.05, 4.69) is 20.4 Å². The van der Waals surface area contributed by atoms with Crippen molar-refractivity contribution in [1.29, 1.82) is 0 Å². The van der Waals surface area contributed by atoms with Crippen LogP contribution in [0.2, 0.25) is 0 Å². The van der Waals surface area contributed by atoms with Crippen molar-refractivity contribution in [2.75, 3.05) is 5.32 Å². The van der Waals surface area contributed by atoms with Crippen LogP contribution in [0.3, 0.4) is 0 Å². The van der Waals surface area contributed by atoms with E-state index >= 15 is 0 Å². The van der Waals surface area contributed by atoms with Crippen molar-refractivity contribution >= 4 is 22.4 Å². The number of nitrogens with one attached hydrogen (secondary N) is 1. The van der Waals surface area contributed by atoms with Gasteiger partial charge < -0.3 is 5.32 Å². The highest BCUT2D eigenvalue weighted by Crippen LogP contribution is 2.27.